The number of nitro benzene ring substituents is 1. The molecule has 5 heteroatoms. The van der Waals surface area contributed by atoms with Gasteiger partial charge in [0.1, 0.15) is 5.69 Å². The van der Waals surface area contributed by atoms with E-state index in [4.69, 9.17) is 4.74 Å². The molecule has 5 nitrogen and oxygen atoms in total. The van der Waals surface area contributed by atoms with Crippen molar-refractivity contribution < 1.29 is 9.66 Å². The summed E-state index contributed by atoms with van der Waals surface area (Å²) < 4.78 is 5.97. The smallest absolute Gasteiger partial charge is 0.333 e. The average molecular weight is 292 g/mol. The predicted octanol–water partition coefficient (Wildman–Crippen LogP) is 4.52. The van der Waals surface area contributed by atoms with Crippen molar-refractivity contribution in [3.05, 3.63) is 28.3 Å². The lowest BCUT2D eigenvalue weighted by molar-refractivity contribution is -0.385. The minimum absolute atomic E-state index is 0.0650. The molecule has 1 N–H and O–H groups in total. The lowest BCUT2D eigenvalue weighted by Gasteiger charge is -2.18. The van der Waals surface area contributed by atoms with E-state index in [-0.39, 0.29) is 16.7 Å². The van der Waals surface area contributed by atoms with Crippen molar-refractivity contribution in [3.63, 3.8) is 0 Å². The fourth-order valence-corrected chi connectivity index (χ4v) is 2.75. The maximum Gasteiger partial charge on any atom is 0.333 e. The Balaban J connectivity index is 2.18. The van der Waals surface area contributed by atoms with E-state index < -0.39 is 0 Å². The van der Waals surface area contributed by atoms with Crippen molar-refractivity contribution in [2.75, 3.05) is 11.9 Å². The minimum atomic E-state index is -0.343. The highest BCUT2D eigenvalue weighted by Gasteiger charge is 2.23. The van der Waals surface area contributed by atoms with Gasteiger partial charge in [-0.25, -0.2) is 0 Å². The first-order chi connectivity index (χ1) is 10.2. The number of ether oxygens (including phenoxy) is 1. The van der Waals surface area contributed by atoms with Gasteiger partial charge in [0.25, 0.3) is 0 Å². The van der Waals surface area contributed by atoms with Gasteiger partial charge in [-0.1, -0.05) is 25.8 Å². The van der Waals surface area contributed by atoms with Crippen molar-refractivity contribution >= 4 is 11.4 Å². The van der Waals surface area contributed by atoms with Crippen LogP contribution in [0, 0.1) is 10.1 Å². The summed E-state index contributed by atoms with van der Waals surface area (Å²) in [6.45, 7) is 2.75. The first kappa shape index (κ1) is 15.6. The molecule has 0 bridgehead atoms. The third kappa shape index (κ3) is 4.34. The zero-order valence-electron chi connectivity index (χ0n) is 12.6. The van der Waals surface area contributed by atoms with E-state index in [2.05, 4.69) is 5.32 Å². The molecule has 1 aromatic rings. The van der Waals surface area contributed by atoms with Gasteiger partial charge in [-0.05, 0) is 44.2 Å². The highest BCUT2D eigenvalue weighted by Crippen LogP contribution is 2.36. The molecule has 1 aliphatic carbocycles. The third-order valence-corrected chi connectivity index (χ3v) is 3.84. The maximum atomic E-state index is 11.4. The molecule has 0 aliphatic heterocycles. The van der Waals surface area contributed by atoms with E-state index in [1.165, 1.54) is 12.8 Å². The first-order valence-corrected chi connectivity index (χ1v) is 7.90. The highest BCUT2D eigenvalue weighted by atomic mass is 16.6. The van der Waals surface area contributed by atoms with Crippen LogP contribution in [0.3, 0.4) is 0 Å². The molecule has 116 valence electrons. The Kier molecular flexibility index (Phi) is 5.84. The van der Waals surface area contributed by atoms with Crippen LogP contribution < -0.4 is 10.1 Å². The van der Waals surface area contributed by atoms with Crippen LogP contribution in [-0.2, 0) is 0 Å². The van der Waals surface area contributed by atoms with E-state index in [0.717, 1.165) is 32.1 Å². The number of hydrogen-bond acceptors (Lipinski definition) is 4. The Hall–Kier alpha value is -1.78. The van der Waals surface area contributed by atoms with E-state index in [0.29, 0.717) is 18.0 Å². The molecule has 1 fully saturated rings. The second-order valence-corrected chi connectivity index (χ2v) is 5.57. The van der Waals surface area contributed by atoms with E-state index in [9.17, 15) is 10.1 Å². The minimum Gasteiger partial charge on any atom is -0.483 e. The molecular formula is C16H24N2O3. The summed E-state index contributed by atoms with van der Waals surface area (Å²) in [6, 6.07) is 5.27. The fraction of sp³-hybridized carbons (Fsp3) is 0.625. The van der Waals surface area contributed by atoms with E-state index in [1.54, 1.807) is 12.1 Å². The lowest BCUT2D eigenvalue weighted by Crippen LogP contribution is -2.16. The molecule has 0 heterocycles. The monoisotopic (exact) mass is 292 g/mol. The first-order valence-electron chi connectivity index (χ1n) is 7.90. The molecule has 0 saturated heterocycles. The van der Waals surface area contributed by atoms with Gasteiger partial charge in [-0.3, -0.25) is 10.1 Å². The van der Waals surface area contributed by atoms with Crippen molar-refractivity contribution in [2.24, 2.45) is 0 Å². The molecule has 1 saturated carbocycles. The van der Waals surface area contributed by atoms with Gasteiger partial charge in [0, 0.05) is 6.54 Å². The number of nitro groups is 1. The quantitative estimate of drug-likeness (QED) is 0.475. The number of benzene rings is 1. The summed E-state index contributed by atoms with van der Waals surface area (Å²) >= 11 is 0. The number of anilines is 1. The van der Waals surface area contributed by atoms with Crippen molar-refractivity contribution in [3.8, 4) is 5.75 Å². The predicted molar refractivity (Wildman–Crippen MR) is 84.0 cm³/mol. The Morgan fingerprint density at radius 1 is 1.29 bits per heavy atom. The van der Waals surface area contributed by atoms with Crippen LogP contribution >= 0.6 is 0 Å². The van der Waals surface area contributed by atoms with Crippen LogP contribution in [-0.4, -0.2) is 17.6 Å². The molecule has 1 aliphatic rings. The topological polar surface area (TPSA) is 64.4 Å². The van der Waals surface area contributed by atoms with E-state index in [1.807, 2.05) is 13.0 Å². The summed E-state index contributed by atoms with van der Waals surface area (Å²) in [5, 5.41) is 14.5. The van der Waals surface area contributed by atoms with Crippen LogP contribution in [0.2, 0.25) is 0 Å². The van der Waals surface area contributed by atoms with E-state index >= 15 is 0 Å². The molecule has 0 radical (unpaired) electrons. The molecular weight excluding hydrogens is 268 g/mol. The van der Waals surface area contributed by atoms with Crippen LogP contribution in [0.25, 0.3) is 0 Å². The largest absolute Gasteiger partial charge is 0.483 e. The average Bonchev–Trinajstić information content (AvgIpc) is 2.73. The zero-order valence-corrected chi connectivity index (χ0v) is 12.6. The lowest BCUT2D eigenvalue weighted by atomic mass is 10.1. The number of nitrogens with one attached hydrogen (secondary N) is 1. The second-order valence-electron chi connectivity index (χ2n) is 5.57. The molecule has 21 heavy (non-hydrogen) atoms. The summed E-state index contributed by atoms with van der Waals surface area (Å²) in [5.74, 6) is 0.396. The Labute approximate surface area is 125 Å². The number of rotatable bonds is 6. The standard InChI is InChI=1S/C16H24N2O3/c1-2-12-17-14-10-7-11-15(16(14)18(19)20)21-13-8-5-3-4-6-9-13/h7,10-11,13,17H,2-6,8-9,12H2,1H3. The fourth-order valence-electron chi connectivity index (χ4n) is 2.75. The third-order valence-electron chi connectivity index (χ3n) is 3.84. The van der Waals surface area contributed by atoms with Crippen molar-refractivity contribution in [1.29, 1.82) is 0 Å². The molecule has 2 rings (SSSR count). The van der Waals surface area contributed by atoms with Gasteiger partial charge in [-0.15, -0.1) is 0 Å². The normalized spacial score (nSPS) is 16.2. The Morgan fingerprint density at radius 3 is 2.62 bits per heavy atom. The zero-order chi connectivity index (χ0) is 15.1. The summed E-state index contributed by atoms with van der Waals surface area (Å²) in [7, 11) is 0. The molecule has 0 aromatic heterocycles. The van der Waals surface area contributed by atoms with Crippen LogP contribution in [0.15, 0.2) is 18.2 Å². The van der Waals surface area contributed by atoms with Crippen molar-refractivity contribution in [2.45, 2.75) is 58.0 Å². The summed E-state index contributed by atoms with van der Waals surface area (Å²) in [5.41, 5.74) is 0.614. The summed E-state index contributed by atoms with van der Waals surface area (Å²) in [6.07, 6.45) is 7.77. The van der Waals surface area contributed by atoms with Crippen LogP contribution in [0.5, 0.6) is 5.75 Å². The van der Waals surface area contributed by atoms with Gasteiger partial charge in [-0.2, -0.15) is 0 Å². The van der Waals surface area contributed by atoms with Crippen LogP contribution in [0.1, 0.15) is 51.9 Å². The molecule has 1 aromatic carbocycles. The highest BCUT2D eigenvalue weighted by molar-refractivity contribution is 5.68. The van der Waals surface area contributed by atoms with Gasteiger partial charge < -0.3 is 10.1 Å². The van der Waals surface area contributed by atoms with Gasteiger partial charge in [0.2, 0.25) is 0 Å². The van der Waals surface area contributed by atoms with Gasteiger partial charge in [0.15, 0.2) is 5.75 Å². The Bertz CT molecular complexity index is 469. The molecule has 0 unspecified atom stereocenters. The number of para-hydroxylation sites is 1. The van der Waals surface area contributed by atoms with Gasteiger partial charge in [0.05, 0.1) is 11.0 Å². The molecule has 0 atom stereocenters. The SMILES string of the molecule is CCCNc1cccc(OC2CCCCCC2)c1[N+](=O)[O-]. The van der Waals surface area contributed by atoms with Gasteiger partial charge >= 0.3 is 5.69 Å². The second kappa shape index (κ2) is 7.86. The molecule has 0 amide bonds. The maximum absolute atomic E-state index is 11.4. The molecule has 0 spiro atoms. The number of hydrogen-bond donors (Lipinski definition) is 1. The Morgan fingerprint density at radius 2 is 2.00 bits per heavy atom. The van der Waals surface area contributed by atoms with Crippen molar-refractivity contribution in [1.82, 2.24) is 0 Å². The summed E-state index contributed by atoms with van der Waals surface area (Å²) in [4.78, 5) is 11.1. The number of nitrogens with zero attached hydrogens (tertiary/aromatic N) is 1. The van der Waals surface area contributed by atoms with Crippen LogP contribution in [0.4, 0.5) is 11.4 Å².